The number of thiophene rings is 1. The first kappa shape index (κ1) is 14.2. The molecular formula is C16H18N2O2S. The highest BCUT2D eigenvalue weighted by molar-refractivity contribution is 7.12. The Morgan fingerprint density at radius 3 is 2.76 bits per heavy atom. The summed E-state index contributed by atoms with van der Waals surface area (Å²) in [5.74, 6) is 0.413. The van der Waals surface area contributed by atoms with Crippen LogP contribution >= 0.6 is 11.3 Å². The molecule has 0 atom stereocenters. The second-order valence-corrected chi connectivity index (χ2v) is 6.36. The Labute approximate surface area is 127 Å². The van der Waals surface area contributed by atoms with Gasteiger partial charge in [0.1, 0.15) is 0 Å². The lowest BCUT2D eigenvalue weighted by molar-refractivity contribution is 0.0839. The Kier molecular flexibility index (Phi) is 4.31. The number of hydrogen-bond acceptors (Lipinski definition) is 4. The Morgan fingerprint density at radius 2 is 2.10 bits per heavy atom. The lowest BCUT2D eigenvalue weighted by Gasteiger charge is -2.30. The maximum atomic E-state index is 12.3. The second kappa shape index (κ2) is 6.37. The summed E-state index contributed by atoms with van der Waals surface area (Å²) < 4.78 is 0. The van der Waals surface area contributed by atoms with E-state index in [1.165, 1.54) is 11.3 Å². The van der Waals surface area contributed by atoms with E-state index in [4.69, 9.17) is 0 Å². The number of likely N-dealkylation sites (tertiary alicyclic amines) is 1. The van der Waals surface area contributed by atoms with Gasteiger partial charge in [0.15, 0.2) is 5.78 Å². The van der Waals surface area contributed by atoms with Crippen molar-refractivity contribution in [2.24, 2.45) is 5.92 Å². The Hall–Kier alpha value is -1.72. The number of rotatable bonds is 4. The van der Waals surface area contributed by atoms with Crippen molar-refractivity contribution in [2.45, 2.75) is 19.4 Å². The first-order valence-electron chi connectivity index (χ1n) is 7.20. The fraction of sp³-hybridized carbons (Fsp3) is 0.375. The normalized spacial score (nSPS) is 17.0. The number of nitrogens with zero attached hydrogens (tertiary/aromatic N) is 1. The van der Waals surface area contributed by atoms with Crippen LogP contribution in [-0.4, -0.2) is 28.8 Å². The van der Waals surface area contributed by atoms with Crippen molar-refractivity contribution in [3.63, 3.8) is 0 Å². The molecule has 0 aliphatic carbocycles. The van der Waals surface area contributed by atoms with E-state index in [2.05, 4.69) is 9.88 Å². The summed E-state index contributed by atoms with van der Waals surface area (Å²) in [6.07, 6.45) is 3.40. The fourth-order valence-electron chi connectivity index (χ4n) is 2.80. The van der Waals surface area contributed by atoms with E-state index in [-0.39, 0.29) is 17.3 Å². The van der Waals surface area contributed by atoms with Crippen LogP contribution in [0.25, 0.3) is 0 Å². The fourth-order valence-corrected chi connectivity index (χ4v) is 3.54. The van der Waals surface area contributed by atoms with Gasteiger partial charge in [0, 0.05) is 24.2 Å². The average molecular weight is 302 g/mol. The first-order valence-corrected chi connectivity index (χ1v) is 8.08. The monoisotopic (exact) mass is 302 g/mol. The van der Waals surface area contributed by atoms with E-state index in [9.17, 15) is 9.59 Å². The van der Waals surface area contributed by atoms with Gasteiger partial charge >= 0.3 is 0 Å². The van der Waals surface area contributed by atoms with Crippen LogP contribution in [0.15, 0.2) is 40.6 Å². The number of ketones is 1. The van der Waals surface area contributed by atoms with Gasteiger partial charge in [-0.25, -0.2) is 0 Å². The lowest BCUT2D eigenvalue weighted by atomic mass is 9.91. The van der Waals surface area contributed by atoms with Crippen molar-refractivity contribution in [3.05, 3.63) is 56.6 Å². The third kappa shape index (κ3) is 3.31. The van der Waals surface area contributed by atoms with E-state index in [0.29, 0.717) is 6.54 Å². The van der Waals surface area contributed by atoms with Gasteiger partial charge < -0.3 is 4.98 Å². The number of H-pyrrole nitrogens is 1. The van der Waals surface area contributed by atoms with Crippen LogP contribution in [-0.2, 0) is 6.54 Å². The third-order valence-electron chi connectivity index (χ3n) is 4.02. The summed E-state index contributed by atoms with van der Waals surface area (Å²) in [4.78, 5) is 29.8. The molecule has 110 valence electrons. The van der Waals surface area contributed by atoms with Crippen LogP contribution in [0.4, 0.5) is 0 Å². The van der Waals surface area contributed by atoms with E-state index in [1.54, 1.807) is 6.20 Å². The van der Waals surface area contributed by atoms with Crippen molar-refractivity contribution < 1.29 is 4.79 Å². The van der Waals surface area contributed by atoms with Gasteiger partial charge in [-0.2, -0.15) is 0 Å². The standard InChI is InChI=1S/C16H18N2O2S/c19-15(14-4-2-10-21-14)12-5-8-18(9-6-12)11-13-3-1-7-17-16(13)20/h1-4,7,10,12H,5-6,8-9,11H2,(H,17,20). The SMILES string of the molecule is O=C(c1cccs1)C1CCN(Cc2ccc[nH]c2=O)CC1. The predicted molar refractivity (Wildman–Crippen MR) is 83.7 cm³/mol. The van der Waals surface area contributed by atoms with Crippen molar-refractivity contribution in [2.75, 3.05) is 13.1 Å². The summed E-state index contributed by atoms with van der Waals surface area (Å²) in [6, 6.07) is 7.54. The van der Waals surface area contributed by atoms with Gasteiger partial charge in [0.05, 0.1) is 4.88 Å². The van der Waals surface area contributed by atoms with Crippen LogP contribution in [0.3, 0.4) is 0 Å². The van der Waals surface area contributed by atoms with Crippen LogP contribution in [0.1, 0.15) is 28.1 Å². The number of Topliss-reactive ketones (excluding diaryl/α,β-unsaturated/α-hetero) is 1. The molecule has 0 spiro atoms. The van der Waals surface area contributed by atoms with E-state index < -0.39 is 0 Å². The molecule has 0 aromatic carbocycles. The number of hydrogen-bond donors (Lipinski definition) is 1. The summed E-state index contributed by atoms with van der Waals surface area (Å²) in [5.41, 5.74) is 0.773. The van der Waals surface area contributed by atoms with Crippen LogP contribution in [0, 0.1) is 5.92 Å². The summed E-state index contributed by atoms with van der Waals surface area (Å²) in [7, 11) is 0. The maximum absolute atomic E-state index is 12.3. The molecule has 4 nitrogen and oxygen atoms in total. The highest BCUT2D eigenvalue weighted by Gasteiger charge is 2.26. The minimum absolute atomic E-state index is 0.0192. The van der Waals surface area contributed by atoms with Gasteiger partial charge in [-0.05, 0) is 43.4 Å². The number of aromatic nitrogens is 1. The summed E-state index contributed by atoms with van der Waals surface area (Å²) >= 11 is 1.52. The number of piperidine rings is 1. The number of pyridine rings is 1. The molecule has 0 bridgehead atoms. The zero-order valence-electron chi connectivity index (χ0n) is 11.7. The molecule has 1 fully saturated rings. The van der Waals surface area contributed by atoms with Gasteiger partial charge in [-0.3, -0.25) is 14.5 Å². The summed E-state index contributed by atoms with van der Waals surface area (Å²) in [5, 5.41) is 1.95. The molecule has 3 heterocycles. The summed E-state index contributed by atoms with van der Waals surface area (Å²) in [6.45, 7) is 2.41. The molecule has 2 aromatic rings. The number of aromatic amines is 1. The second-order valence-electron chi connectivity index (χ2n) is 5.42. The molecule has 21 heavy (non-hydrogen) atoms. The zero-order valence-corrected chi connectivity index (χ0v) is 12.6. The minimum atomic E-state index is -0.0192. The largest absolute Gasteiger partial charge is 0.329 e. The maximum Gasteiger partial charge on any atom is 0.252 e. The molecule has 1 saturated heterocycles. The Balaban J connectivity index is 1.57. The third-order valence-corrected chi connectivity index (χ3v) is 4.90. The molecule has 2 aromatic heterocycles. The highest BCUT2D eigenvalue weighted by Crippen LogP contribution is 2.24. The molecule has 0 saturated carbocycles. The zero-order chi connectivity index (χ0) is 14.7. The van der Waals surface area contributed by atoms with Crippen molar-refractivity contribution in [3.8, 4) is 0 Å². The Morgan fingerprint density at radius 1 is 1.29 bits per heavy atom. The molecule has 1 N–H and O–H groups in total. The molecule has 0 amide bonds. The van der Waals surface area contributed by atoms with Crippen LogP contribution < -0.4 is 5.56 Å². The van der Waals surface area contributed by atoms with Crippen LogP contribution in [0.5, 0.6) is 0 Å². The number of carbonyl (C=O) groups excluding carboxylic acids is 1. The molecular weight excluding hydrogens is 284 g/mol. The number of carbonyl (C=O) groups is 1. The smallest absolute Gasteiger partial charge is 0.252 e. The van der Waals surface area contributed by atoms with Crippen molar-refractivity contribution >= 4 is 17.1 Å². The van der Waals surface area contributed by atoms with Gasteiger partial charge in [0.2, 0.25) is 0 Å². The van der Waals surface area contributed by atoms with Gasteiger partial charge in [-0.15, -0.1) is 11.3 Å². The minimum Gasteiger partial charge on any atom is -0.329 e. The molecule has 0 unspecified atom stereocenters. The van der Waals surface area contributed by atoms with Gasteiger partial charge in [-0.1, -0.05) is 12.1 Å². The first-order chi connectivity index (χ1) is 10.2. The van der Waals surface area contributed by atoms with E-state index in [0.717, 1.165) is 36.4 Å². The molecule has 0 radical (unpaired) electrons. The average Bonchev–Trinajstić information content (AvgIpc) is 3.04. The topological polar surface area (TPSA) is 53.2 Å². The van der Waals surface area contributed by atoms with Gasteiger partial charge in [0.25, 0.3) is 5.56 Å². The quantitative estimate of drug-likeness (QED) is 0.883. The molecule has 5 heteroatoms. The molecule has 1 aliphatic heterocycles. The van der Waals surface area contributed by atoms with Crippen LogP contribution in [0.2, 0.25) is 0 Å². The predicted octanol–water partition coefficient (Wildman–Crippen LogP) is 2.53. The van der Waals surface area contributed by atoms with Crippen molar-refractivity contribution in [1.82, 2.24) is 9.88 Å². The van der Waals surface area contributed by atoms with E-state index in [1.807, 2.05) is 29.6 Å². The molecule has 1 aliphatic rings. The number of nitrogens with one attached hydrogen (secondary N) is 1. The molecule has 3 rings (SSSR count). The lowest BCUT2D eigenvalue weighted by Crippen LogP contribution is -2.37. The van der Waals surface area contributed by atoms with E-state index >= 15 is 0 Å². The highest BCUT2D eigenvalue weighted by atomic mass is 32.1. The Bertz CT molecular complexity index is 655. The van der Waals surface area contributed by atoms with Crippen molar-refractivity contribution in [1.29, 1.82) is 0 Å².